The van der Waals surface area contributed by atoms with Gasteiger partial charge in [-0.2, -0.15) is 4.58 Å². The van der Waals surface area contributed by atoms with E-state index in [9.17, 15) is 5.11 Å². The number of thioether (sulfide) groups is 1. The van der Waals surface area contributed by atoms with Crippen LogP contribution in [-0.2, 0) is 0 Å². The van der Waals surface area contributed by atoms with E-state index in [1.54, 1.807) is 18.9 Å². The third-order valence-electron chi connectivity index (χ3n) is 4.06. The van der Waals surface area contributed by atoms with E-state index in [0.29, 0.717) is 12.2 Å². The third kappa shape index (κ3) is 4.11. The van der Waals surface area contributed by atoms with Crippen LogP contribution in [0.15, 0.2) is 59.6 Å². The molecule has 0 amide bonds. The van der Waals surface area contributed by atoms with Gasteiger partial charge in [0.1, 0.15) is 5.75 Å². The van der Waals surface area contributed by atoms with E-state index in [1.165, 1.54) is 0 Å². The topological polar surface area (TPSA) is 44.8 Å². The molecular formula is C20H23N2O2S+. The minimum absolute atomic E-state index is 0.646. The molecule has 1 heterocycles. The zero-order valence-electron chi connectivity index (χ0n) is 14.8. The molecule has 25 heavy (non-hydrogen) atoms. The molecule has 5 heteroatoms. The van der Waals surface area contributed by atoms with Crippen LogP contribution in [-0.4, -0.2) is 39.0 Å². The summed E-state index contributed by atoms with van der Waals surface area (Å²) in [5.41, 5.74) is 2.03. The number of hydrogen-bond donors (Lipinski definition) is 1. The number of aliphatic imine (C=N–C) groups is 1. The molecule has 0 saturated carbocycles. The number of methoxy groups -OCH3 is 1. The molecule has 0 fully saturated rings. The number of benzene rings is 2. The Morgan fingerprint density at radius 3 is 2.52 bits per heavy atom. The van der Waals surface area contributed by atoms with Crippen molar-refractivity contribution in [3.8, 4) is 5.75 Å². The molecule has 1 N–H and O–H groups in total. The lowest BCUT2D eigenvalue weighted by molar-refractivity contribution is -0.575. The van der Waals surface area contributed by atoms with E-state index in [4.69, 9.17) is 9.73 Å². The summed E-state index contributed by atoms with van der Waals surface area (Å²) in [6.07, 6.45) is 0.710. The smallest absolute Gasteiger partial charge is 0.277 e. The second-order valence-electron chi connectivity index (χ2n) is 6.29. The standard InChI is InChI=1S/C20H23N2O2S/c1-15(21-16-9-11-18(24-3)12-10-16)13-19-22(20(2,23)14-25-19)17-7-5-4-6-8-17/h4-12,23H,13-14H2,1-3H3/q+1. The van der Waals surface area contributed by atoms with Gasteiger partial charge in [0.15, 0.2) is 0 Å². The first-order valence-electron chi connectivity index (χ1n) is 8.24. The first-order chi connectivity index (χ1) is 12.0. The lowest BCUT2D eigenvalue weighted by Gasteiger charge is -2.14. The van der Waals surface area contributed by atoms with Crippen molar-refractivity contribution in [2.24, 2.45) is 4.99 Å². The van der Waals surface area contributed by atoms with Crippen LogP contribution >= 0.6 is 11.8 Å². The van der Waals surface area contributed by atoms with E-state index < -0.39 is 5.72 Å². The van der Waals surface area contributed by atoms with Crippen LogP contribution in [0.5, 0.6) is 5.75 Å². The molecule has 1 aliphatic rings. The van der Waals surface area contributed by atoms with Crippen LogP contribution in [0.4, 0.5) is 11.4 Å². The highest BCUT2D eigenvalue weighted by atomic mass is 32.2. The van der Waals surface area contributed by atoms with Crippen molar-refractivity contribution in [3.05, 3.63) is 54.6 Å². The zero-order valence-corrected chi connectivity index (χ0v) is 15.6. The highest BCUT2D eigenvalue weighted by molar-refractivity contribution is 8.14. The maximum Gasteiger partial charge on any atom is 0.277 e. The molecule has 1 unspecified atom stereocenters. The van der Waals surface area contributed by atoms with Gasteiger partial charge in [-0.25, -0.2) is 0 Å². The van der Waals surface area contributed by atoms with Gasteiger partial charge in [-0.15, -0.1) is 0 Å². The average molecular weight is 355 g/mol. The fraction of sp³-hybridized carbons (Fsp3) is 0.300. The van der Waals surface area contributed by atoms with Crippen molar-refractivity contribution in [2.45, 2.75) is 26.0 Å². The Balaban J connectivity index is 1.87. The first kappa shape index (κ1) is 17.7. The number of rotatable bonds is 5. The fourth-order valence-corrected chi connectivity index (χ4v) is 4.19. The van der Waals surface area contributed by atoms with E-state index >= 15 is 0 Å². The normalized spacial score (nSPS) is 20.9. The third-order valence-corrected chi connectivity index (χ3v) is 5.41. The van der Waals surface area contributed by atoms with Crippen LogP contribution in [0, 0.1) is 0 Å². The molecule has 1 atom stereocenters. The minimum Gasteiger partial charge on any atom is -0.497 e. The maximum atomic E-state index is 10.8. The van der Waals surface area contributed by atoms with Gasteiger partial charge in [-0.3, -0.25) is 4.99 Å². The minimum atomic E-state index is -0.887. The van der Waals surface area contributed by atoms with Crippen LogP contribution in [0.25, 0.3) is 0 Å². The summed E-state index contributed by atoms with van der Waals surface area (Å²) in [6, 6.07) is 17.7. The monoisotopic (exact) mass is 355 g/mol. The molecular weight excluding hydrogens is 332 g/mol. The molecule has 3 rings (SSSR count). The maximum absolute atomic E-state index is 10.8. The van der Waals surface area contributed by atoms with E-state index in [-0.39, 0.29) is 0 Å². The molecule has 0 saturated heterocycles. The summed E-state index contributed by atoms with van der Waals surface area (Å²) >= 11 is 1.69. The molecule has 0 bridgehead atoms. The van der Waals surface area contributed by atoms with Gasteiger partial charge in [0, 0.05) is 24.8 Å². The number of aliphatic hydroxyl groups is 1. The Morgan fingerprint density at radius 1 is 1.20 bits per heavy atom. The van der Waals surface area contributed by atoms with Crippen molar-refractivity contribution in [3.63, 3.8) is 0 Å². The fourth-order valence-electron chi connectivity index (χ4n) is 2.88. The summed E-state index contributed by atoms with van der Waals surface area (Å²) < 4.78 is 7.20. The lowest BCUT2D eigenvalue weighted by Crippen LogP contribution is -2.36. The van der Waals surface area contributed by atoms with Gasteiger partial charge < -0.3 is 9.84 Å². The summed E-state index contributed by atoms with van der Waals surface area (Å²) in [6.45, 7) is 3.88. The summed E-state index contributed by atoms with van der Waals surface area (Å²) in [7, 11) is 1.65. The summed E-state index contributed by atoms with van der Waals surface area (Å²) in [5, 5.41) is 11.9. The Morgan fingerprint density at radius 2 is 1.88 bits per heavy atom. The number of ether oxygens (including phenoxy) is 1. The van der Waals surface area contributed by atoms with Crippen LogP contribution < -0.4 is 4.74 Å². The van der Waals surface area contributed by atoms with Gasteiger partial charge in [0.2, 0.25) is 10.7 Å². The molecule has 130 valence electrons. The van der Waals surface area contributed by atoms with Gasteiger partial charge in [0.25, 0.3) is 5.72 Å². The largest absolute Gasteiger partial charge is 0.497 e. The predicted octanol–water partition coefficient (Wildman–Crippen LogP) is 4.38. The van der Waals surface area contributed by atoms with Gasteiger partial charge >= 0.3 is 0 Å². The predicted molar refractivity (Wildman–Crippen MR) is 105 cm³/mol. The van der Waals surface area contributed by atoms with E-state index in [1.807, 2.05) is 73.0 Å². The number of nitrogens with zero attached hydrogens (tertiary/aromatic N) is 2. The Kier molecular flexibility index (Phi) is 5.25. The number of hydrogen-bond acceptors (Lipinski definition) is 4. The van der Waals surface area contributed by atoms with Crippen molar-refractivity contribution >= 4 is 33.9 Å². The van der Waals surface area contributed by atoms with Crippen LogP contribution in [0.1, 0.15) is 20.3 Å². The molecule has 2 aromatic rings. The molecule has 0 aliphatic carbocycles. The quantitative estimate of drug-likeness (QED) is 0.640. The molecule has 1 aliphatic heterocycles. The lowest BCUT2D eigenvalue weighted by atomic mass is 10.2. The van der Waals surface area contributed by atoms with Crippen LogP contribution in [0.3, 0.4) is 0 Å². The van der Waals surface area contributed by atoms with Crippen molar-refractivity contribution in [1.82, 2.24) is 0 Å². The molecule has 0 radical (unpaired) electrons. The molecule has 4 nitrogen and oxygen atoms in total. The average Bonchev–Trinajstić information content (AvgIpc) is 2.90. The van der Waals surface area contributed by atoms with Gasteiger partial charge in [-0.1, -0.05) is 30.0 Å². The Labute approximate surface area is 152 Å². The SMILES string of the molecule is COc1ccc(N=C(C)CC2=[N+](c3ccccc3)C(C)(O)CS2)cc1. The molecule has 0 spiro atoms. The molecule has 2 aromatic carbocycles. The first-order valence-corrected chi connectivity index (χ1v) is 9.23. The highest BCUT2D eigenvalue weighted by Crippen LogP contribution is 2.33. The van der Waals surface area contributed by atoms with E-state index in [0.717, 1.165) is 27.9 Å². The Hall–Kier alpha value is -2.11. The van der Waals surface area contributed by atoms with Crippen molar-refractivity contribution < 1.29 is 14.4 Å². The van der Waals surface area contributed by atoms with Crippen molar-refractivity contribution in [1.29, 1.82) is 0 Å². The van der Waals surface area contributed by atoms with Crippen molar-refractivity contribution in [2.75, 3.05) is 12.9 Å². The zero-order chi connectivity index (χ0) is 17.9. The number of para-hydroxylation sites is 1. The Bertz CT molecular complexity index is 796. The second kappa shape index (κ2) is 7.42. The van der Waals surface area contributed by atoms with Gasteiger partial charge in [0.05, 0.1) is 25.0 Å². The highest BCUT2D eigenvalue weighted by Gasteiger charge is 2.44. The van der Waals surface area contributed by atoms with Gasteiger partial charge in [-0.05, 0) is 31.2 Å². The van der Waals surface area contributed by atoms with Crippen LogP contribution in [0.2, 0.25) is 0 Å². The van der Waals surface area contributed by atoms with E-state index in [2.05, 4.69) is 0 Å². The molecule has 0 aromatic heterocycles. The summed E-state index contributed by atoms with van der Waals surface area (Å²) in [4.78, 5) is 4.69. The summed E-state index contributed by atoms with van der Waals surface area (Å²) in [5.74, 6) is 1.47. The second-order valence-corrected chi connectivity index (χ2v) is 7.34.